The normalized spacial score (nSPS) is 10.5. The Hall–Kier alpha value is -2.64. The molecule has 1 N–H and O–H groups in total. The van der Waals surface area contributed by atoms with Gasteiger partial charge < -0.3 is 10.2 Å². The number of hydrogen-bond acceptors (Lipinski definition) is 4. The number of aryl methyl sites for hydroxylation is 1. The van der Waals surface area contributed by atoms with E-state index in [0.29, 0.717) is 12.5 Å². The van der Waals surface area contributed by atoms with Crippen LogP contribution in [0, 0.1) is 24.4 Å². The number of amides is 1. The lowest BCUT2D eigenvalue weighted by molar-refractivity contribution is -0.115. The van der Waals surface area contributed by atoms with Crippen molar-refractivity contribution in [1.29, 1.82) is 0 Å². The van der Waals surface area contributed by atoms with Gasteiger partial charge in [-0.1, -0.05) is 6.92 Å². The molecule has 1 amide bonds. The fourth-order valence-electron chi connectivity index (χ4n) is 2.09. The molecule has 0 atom stereocenters. The molecular formula is C16H17F3N4O. The first-order chi connectivity index (χ1) is 11.4. The molecular weight excluding hydrogens is 321 g/mol. The molecule has 0 saturated heterocycles. The monoisotopic (exact) mass is 338 g/mol. The molecule has 24 heavy (non-hydrogen) atoms. The zero-order chi connectivity index (χ0) is 17.7. The molecule has 0 spiro atoms. The van der Waals surface area contributed by atoms with Gasteiger partial charge in [0.1, 0.15) is 6.54 Å². The van der Waals surface area contributed by atoms with E-state index in [4.69, 9.17) is 0 Å². The predicted octanol–water partition coefficient (Wildman–Crippen LogP) is 3.06. The maximum absolute atomic E-state index is 13.6. The molecule has 5 nitrogen and oxygen atoms in total. The highest BCUT2D eigenvalue weighted by Crippen LogP contribution is 2.19. The SMILES string of the molecule is CCCN(CC(=O)Nc1ccc(F)c(F)c1F)c1nccc(C)n1. The first kappa shape index (κ1) is 17.7. The van der Waals surface area contributed by atoms with Crippen LogP contribution in [0.1, 0.15) is 19.0 Å². The number of carbonyl (C=O) groups excluding carboxylic acids is 1. The van der Waals surface area contributed by atoms with Crippen LogP contribution in [0.2, 0.25) is 0 Å². The van der Waals surface area contributed by atoms with Crippen molar-refractivity contribution in [2.45, 2.75) is 20.3 Å². The van der Waals surface area contributed by atoms with Gasteiger partial charge in [0.2, 0.25) is 11.9 Å². The van der Waals surface area contributed by atoms with Gasteiger partial charge in [0.05, 0.1) is 5.69 Å². The predicted molar refractivity (Wildman–Crippen MR) is 84.2 cm³/mol. The molecule has 0 aliphatic rings. The molecule has 8 heteroatoms. The Balaban J connectivity index is 2.13. The Kier molecular flexibility index (Phi) is 5.73. The number of halogens is 3. The highest BCUT2D eigenvalue weighted by Gasteiger charge is 2.18. The number of aromatic nitrogens is 2. The molecule has 128 valence electrons. The third kappa shape index (κ3) is 4.21. The van der Waals surface area contributed by atoms with Gasteiger partial charge in [0, 0.05) is 18.4 Å². The van der Waals surface area contributed by atoms with E-state index in [9.17, 15) is 18.0 Å². The first-order valence-corrected chi connectivity index (χ1v) is 7.40. The van der Waals surface area contributed by atoms with Crippen molar-refractivity contribution in [3.8, 4) is 0 Å². The minimum Gasteiger partial charge on any atom is -0.332 e. The lowest BCUT2D eigenvalue weighted by Crippen LogP contribution is -2.35. The minimum atomic E-state index is -1.62. The van der Waals surface area contributed by atoms with Crippen LogP contribution in [0.3, 0.4) is 0 Å². The smallest absolute Gasteiger partial charge is 0.244 e. The van der Waals surface area contributed by atoms with Crippen LogP contribution in [-0.2, 0) is 4.79 Å². The third-order valence-corrected chi connectivity index (χ3v) is 3.20. The van der Waals surface area contributed by atoms with E-state index in [1.54, 1.807) is 24.1 Å². The molecule has 1 aromatic heterocycles. The summed E-state index contributed by atoms with van der Waals surface area (Å²) in [7, 11) is 0. The number of nitrogens with one attached hydrogen (secondary N) is 1. The average molecular weight is 338 g/mol. The second kappa shape index (κ2) is 7.76. The Labute approximate surface area is 137 Å². The maximum Gasteiger partial charge on any atom is 0.244 e. The van der Waals surface area contributed by atoms with Gasteiger partial charge in [0.15, 0.2) is 17.5 Å². The Morgan fingerprint density at radius 1 is 1.21 bits per heavy atom. The number of benzene rings is 1. The largest absolute Gasteiger partial charge is 0.332 e. The molecule has 2 rings (SSSR count). The molecule has 1 aromatic carbocycles. The van der Waals surface area contributed by atoms with E-state index >= 15 is 0 Å². The van der Waals surface area contributed by atoms with E-state index in [0.717, 1.165) is 24.2 Å². The summed E-state index contributed by atoms with van der Waals surface area (Å²) in [6.45, 7) is 4.09. The zero-order valence-corrected chi connectivity index (χ0v) is 13.3. The van der Waals surface area contributed by atoms with Crippen LogP contribution >= 0.6 is 0 Å². The summed E-state index contributed by atoms with van der Waals surface area (Å²) in [5.74, 6) is -4.58. The van der Waals surface area contributed by atoms with Crippen molar-refractivity contribution >= 4 is 17.5 Å². The van der Waals surface area contributed by atoms with Crippen molar-refractivity contribution in [2.24, 2.45) is 0 Å². The van der Waals surface area contributed by atoms with Crippen LogP contribution in [0.25, 0.3) is 0 Å². The summed E-state index contributed by atoms with van der Waals surface area (Å²) in [4.78, 5) is 22.1. The fourth-order valence-corrected chi connectivity index (χ4v) is 2.09. The Bertz CT molecular complexity index is 739. The number of carbonyl (C=O) groups is 1. The molecule has 0 aliphatic carbocycles. The Morgan fingerprint density at radius 3 is 2.62 bits per heavy atom. The number of nitrogens with zero attached hydrogens (tertiary/aromatic N) is 3. The molecule has 1 heterocycles. The van der Waals surface area contributed by atoms with Crippen molar-refractivity contribution < 1.29 is 18.0 Å². The summed E-state index contributed by atoms with van der Waals surface area (Å²) < 4.78 is 39.7. The Morgan fingerprint density at radius 2 is 1.96 bits per heavy atom. The molecule has 0 bridgehead atoms. The maximum atomic E-state index is 13.6. The van der Waals surface area contributed by atoms with Crippen LogP contribution in [0.5, 0.6) is 0 Å². The van der Waals surface area contributed by atoms with E-state index in [1.165, 1.54) is 0 Å². The summed E-state index contributed by atoms with van der Waals surface area (Å²) >= 11 is 0. The van der Waals surface area contributed by atoms with Crippen molar-refractivity contribution in [1.82, 2.24) is 9.97 Å². The van der Waals surface area contributed by atoms with E-state index < -0.39 is 29.0 Å². The van der Waals surface area contributed by atoms with Gasteiger partial charge >= 0.3 is 0 Å². The minimum absolute atomic E-state index is 0.143. The molecule has 0 fully saturated rings. The van der Waals surface area contributed by atoms with Gasteiger partial charge in [-0.3, -0.25) is 4.79 Å². The van der Waals surface area contributed by atoms with Crippen molar-refractivity contribution in [3.05, 3.63) is 47.5 Å². The highest BCUT2D eigenvalue weighted by atomic mass is 19.2. The second-order valence-electron chi connectivity index (χ2n) is 5.19. The lowest BCUT2D eigenvalue weighted by atomic mass is 10.2. The van der Waals surface area contributed by atoms with E-state index in [1.807, 2.05) is 6.92 Å². The summed E-state index contributed by atoms with van der Waals surface area (Å²) in [5, 5.41) is 2.23. The van der Waals surface area contributed by atoms with Crippen LogP contribution < -0.4 is 10.2 Å². The van der Waals surface area contributed by atoms with Gasteiger partial charge in [-0.25, -0.2) is 23.1 Å². The number of hydrogen-bond donors (Lipinski definition) is 1. The van der Waals surface area contributed by atoms with Gasteiger partial charge in [-0.15, -0.1) is 0 Å². The van der Waals surface area contributed by atoms with Crippen molar-refractivity contribution in [3.63, 3.8) is 0 Å². The lowest BCUT2D eigenvalue weighted by Gasteiger charge is -2.21. The van der Waals surface area contributed by atoms with E-state index in [2.05, 4.69) is 15.3 Å². The van der Waals surface area contributed by atoms with E-state index in [-0.39, 0.29) is 6.54 Å². The molecule has 0 saturated carbocycles. The topological polar surface area (TPSA) is 58.1 Å². The quantitative estimate of drug-likeness (QED) is 0.823. The average Bonchev–Trinajstić information content (AvgIpc) is 2.55. The molecule has 0 radical (unpaired) electrons. The summed E-state index contributed by atoms with van der Waals surface area (Å²) in [5.41, 5.74) is 0.327. The zero-order valence-electron chi connectivity index (χ0n) is 13.3. The molecule has 0 unspecified atom stereocenters. The standard InChI is InChI=1S/C16H17F3N4O/c1-3-8-23(16-20-7-6-10(2)21-16)9-13(24)22-12-5-4-11(17)14(18)15(12)19/h4-7H,3,8-9H2,1-2H3,(H,22,24). The number of anilines is 2. The summed E-state index contributed by atoms with van der Waals surface area (Å²) in [6, 6.07) is 3.45. The fraction of sp³-hybridized carbons (Fsp3) is 0.312. The second-order valence-corrected chi connectivity index (χ2v) is 5.19. The van der Waals surface area contributed by atoms with Gasteiger partial charge in [-0.05, 0) is 31.5 Å². The van der Waals surface area contributed by atoms with Crippen LogP contribution in [-0.4, -0.2) is 29.0 Å². The molecule has 2 aromatic rings. The third-order valence-electron chi connectivity index (χ3n) is 3.20. The van der Waals surface area contributed by atoms with Gasteiger partial charge in [-0.2, -0.15) is 0 Å². The van der Waals surface area contributed by atoms with Gasteiger partial charge in [0.25, 0.3) is 0 Å². The molecule has 0 aliphatic heterocycles. The van der Waals surface area contributed by atoms with Crippen LogP contribution in [0.4, 0.5) is 24.8 Å². The number of rotatable bonds is 6. The van der Waals surface area contributed by atoms with Crippen molar-refractivity contribution in [2.75, 3.05) is 23.3 Å². The summed E-state index contributed by atoms with van der Waals surface area (Å²) in [6.07, 6.45) is 2.32. The highest BCUT2D eigenvalue weighted by molar-refractivity contribution is 5.93. The first-order valence-electron chi connectivity index (χ1n) is 7.40. The van der Waals surface area contributed by atoms with Crippen LogP contribution in [0.15, 0.2) is 24.4 Å².